The minimum atomic E-state index is -4.62. The van der Waals surface area contributed by atoms with Crippen molar-refractivity contribution in [1.29, 1.82) is 0 Å². The van der Waals surface area contributed by atoms with Gasteiger partial charge in [0.05, 0.1) is 19.8 Å². The van der Waals surface area contributed by atoms with Crippen molar-refractivity contribution in [3.8, 4) is 0 Å². The normalized spacial score (nSPS) is 22.5. The van der Waals surface area contributed by atoms with Crippen molar-refractivity contribution < 1.29 is 32.9 Å². The standard InChI is InChI=1S/C13H15F3N2O4/c1-12(21,7-19)10-11(20)18(5-6-22-10)9-4-2-3-8(17-9)13(14,15)16/h2-4,10,19,21H,5-7H2,1H3. The number of ether oxygens (including phenoxy) is 1. The van der Waals surface area contributed by atoms with E-state index in [2.05, 4.69) is 4.98 Å². The highest BCUT2D eigenvalue weighted by Gasteiger charge is 2.44. The van der Waals surface area contributed by atoms with Crippen molar-refractivity contribution in [3.63, 3.8) is 0 Å². The molecule has 2 atom stereocenters. The number of hydrogen-bond acceptors (Lipinski definition) is 5. The Labute approximate surface area is 124 Å². The van der Waals surface area contributed by atoms with Crippen molar-refractivity contribution in [2.45, 2.75) is 24.8 Å². The van der Waals surface area contributed by atoms with E-state index >= 15 is 0 Å². The number of aromatic nitrogens is 1. The maximum Gasteiger partial charge on any atom is 0.433 e. The molecule has 0 bridgehead atoms. The first-order chi connectivity index (χ1) is 10.2. The number of aliphatic hydroxyl groups is 2. The summed E-state index contributed by atoms with van der Waals surface area (Å²) in [5, 5.41) is 19.1. The first-order valence-electron chi connectivity index (χ1n) is 6.47. The molecule has 6 nitrogen and oxygen atoms in total. The van der Waals surface area contributed by atoms with Gasteiger partial charge in [-0.1, -0.05) is 6.07 Å². The molecular formula is C13H15F3N2O4. The molecule has 2 rings (SSSR count). The average Bonchev–Trinajstić information content (AvgIpc) is 2.46. The van der Waals surface area contributed by atoms with Crippen LogP contribution in [-0.2, 0) is 15.7 Å². The molecule has 0 radical (unpaired) electrons. The highest BCUT2D eigenvalue weighted by Crippen LogP contribution is 2.30. The molecular weight excluding hydrogens is 305 g/mol. The Morgan fingerprint density at radius 3 is 2.73 bits per heavy atom. The summed E-state index contributed by atoms with van der Waals surface area (Å²) >= 11 is 0. The largest absolute Gasteiger partial charge is 0.433 e. The van der Waals surface area contributed by atoms with Crippen molar-refractivity contribution in [2.24, 2.45) is 0 Å². The van der Waals surface area contributed by atoms with Gasteiger partial charge in [0.2, 0.25) is 0 Å². The van der Waals surface area contributed by atoms with Gasteiger partial charge >= 0.3 is 6.18 Å². The molecule has 0 saturated carbocycles. The third kappa shape index (κ3) is 3.21. The van der Waals surface area contributed by atoms with Gasteiger partial charge in [-0.3, -0.25) is 9.69 Å². The molecule has 1 aromatic heterocycles. The van der Waals surface area contributed by atoms with Crippen LogP contribution in [0.3, 0.4) is 0 Å². The fourth-order valence-corrected chi connectivity index (χ4v) is 2.07. The number of pyridine rings is 1. The van der Waals surface area contributed by atoms with Gasteiger partial charge in [0, 0.05) is 0 Å². The highest BCUT2D eigenvalue weighted by atomic mass is 19.4. The number of morpholine rings is 1. The quantitative estimate of drug-likeness (QED) is 0.851. The summed E-state index contributed by atoms with van der Waals surface area (Å²) in [6.07, 6.45) is -6.00. The second-order valence-electron chi connectivity index (χ2n) is 5.13. The first-order valence-corrected chi connectivity index (χ1v) is 6.47. The number of amides is 1. The summed E-state index contributed by atoms with van der Waals surface area (Å²) in [4.78, 5) is 16.7. The summed E-state index contributed by atoms with van der Waals surface area (Å²) in [6.45, 7) is 0.488. The second kappa shape index (κ2) is 5.82. The molecule has 0 aromatic carbocycles. The lowest BCUT2D eigenvalue weighted by molar-refractivity contribution is -0.161. The van der Waals surface area contributed by atoms with Crippen LogP contribution in [0.2, 0.25) is 0 Å². The number of halogens is 3. The monoisotopic (exact) mass is 320 g/mol. The van der Waals surface area contributed by atoms with E-state index in [0.717, 1.165) is 17.0 Å². The summed E-state index contributed by atoms with van der Waals surface area (Å²) < 4.78 is 43.2. The average molecular weight is 320 g/mol. The Bertz CT molecular complexity index is 562. The van der Waals surface area contributed by atoms with Crippen LogP contribution in [0.15, 0.2) is 18.2 Å². The Kier molecular flexibility index (Phi) is 4.41. The van der Waals surface area contributed by atoms with Gasteiger partial charge in [0.25, 0.3) is 5.91 Å². The van der Waals surface area contributed by atoms with Gasteiger partial charge in [-0.2, -0.15) is 13.2 Å². The molecule has 2 unspecified atom stereocenters. The lowest BCUT2D eigenvalue weighted by Crippen LogP contribution is -2.59. The van der Waals surface area contributed by atoms with Crippen LogP contribution < -0.4 is 4.90 Å². The third-order valence-corrected chi connectivity index (χ3v) is 3.28. The molecule has 1 aliphatic rings. The van der Waals surface area contributed by atoms with Crippen molar-refractivity contribution >= 4 is 11.7 Å². The smallest absolute Gasteiger partial charge is 0.393 e. The Morgan fingerprint density at radius 2 is 2.14 bits per heavy atom. The molecule has 0 aliphatic carbocycles. The molecule has 1 aromatic rings. The number of carbonyl (C=O) groups is 1. The number of hydrogen-bond donors (Lipinski definition) is 2. The second-order valence-corrected chi connectivity index (χ2v) is 5.13. The van der Waals surface area contributed by atoms with E-state index in [-0.39, 0.29) is 19.0 Å². The number of anilines is 1. The van der Waals surface area contributed by atoms with Crippen molar-refractivity contribution in [2.75, 3.05) is 24.7 Å². The SMILES string of the molecule is CC(O)(CO)C1OCCN(c2cccc(C(F)(F)F)n2)C1=O. The minimum Gasteiger partial charge on any atom is -0.393 e. The molecule has 2 heterocycles. The Hall–Kier alpha value is -1.71. The van der Waals surface area contributed by atoms with E-state index in [0.29, 0.717) is 0 Å². The number of rotatable bonds is 3. The zero-order chi connectivity index (χ0) is 16.5. The van der Waals surface area contributed by atoms with Crippen LogP contribution in [0.1, 0.15) is 12.6 Å². The summed E-state index contributed by atoms with van der Waals surface area (Å²) in [5.74, 6) is -0.931. The van der Waals surface area contributed by atoms with Gasteiger partial charge in [-0.15, -0.1) is 0 Å². The molecule has 22 heavy (non-hydrogen) atoms. The number of alkyl halides is 3. The van der Waals surface area contributed by atoms with E-state index in [4.69, 9.17) is 9.84 Å². The van der Waals surface area contributed by atoms with E-state index in [9.17, 15) is 23.1 Å². The lowest BCUT2D eigenvalue weighted by atomic mass is 9.98. The van der Waals surface area contributed by atoms with Gasteiger partial charge in [0.15, 0.2) is 6.10 Å². The zero-order valence-electron chi connectivity index (χ0n) is 11.7. The number of nitrogens with zero attached hydrogens (tertiary/aromatic N) is 2. The predicted octanol–water partition coefficient (Wildman–Crippen LogP) is 0.575. The van der Waals surface area contributed by atoms with Gasteiger partial charge in [-0.05, 0) is 19.1 Å². The molecule has 9 heteroatoms. The molecule has 1 amide bonds. The molecule has 122 valence electrons. The van der Waals surface area contributed by atoms with Crippen LogP contribution in [0, 0.1) is 0 Å². The number of carbonyl (C=O) groups excluding carboxylic acids is 1. The van der Waals surface area contributed by atoms with Gasteiger partial charge in [-0.25, -0.2) is 4.98 Å². The van der Waals surface area contributed by atoms with Crippen molar-refractivity contribution in [1.82, 2.24) is 4.98 Å². The van der Waals surface area contributed by atoms with Crippen LogP contribution in [-0.4, -0.2) is 52.6 Å². The molecule has 1 saturated heterocycles. The van der Waals surface area contributed by atoms with Crippen LogP contribution in [0.5, 0.6) is 0 Å². The highest BCUT2D eigenvalue weighted by molar-refractivity contribution is 5.97. The Morgan fingerprint density at radius 1 is 1.45 bits per heavy atom. The third-order valence-electron chi connectivity index (χ3n) is 3.28. The maximum absolute atomic E-state index is 12.7. The van der Waals surface area contributed by atoms with Crippen molar-refractivity contribution in [3.05, 3.63) is 23.9 Å². The van der Waals surface area contributed by atoms with E-state index in [1.54, 1.807) is 0 Å². The van der Waals surface area contributed by atoms with E-state index < -0.39 is 36.1 Å². The topological polar surface area (TPSA) is 82.9 Å². The van der Waals surface area contributed by atoms with Gasteiger partial charge < -0.3 is 14.9 Å². The van der Waals surface area contributed by atoms with E-state index in [1.165, 1.54) is 13.0 Å². The minimum absolute atomic E-state index is 0.00445. The molecule has 0 spiro atoms. The molecule has 2 N–H and O–H groups in total. The molecule has 1 aliphatic heterocycles. The van der Waals surface area contributed by atoms with Gasteiger partial charge in [0.1, 0.15) is 17.1 Å². The van der Waals surface area contributed by atoms with Crippen LogP contribution >= 0.6 is 0 Å². The van der Waals surface area contributed by atoms with E-state index in [1.807, 2.05) is 0 Å². The lowest BCUT2D eigenvalue weighted by Gasteiger charge is -2.38. The molecule has 1 fully saturated rings. The van der Waals surface area contributed by atoms with Crippen LogP contribution in [0.4, 0.5) is 19.0 Å². The summed E-state index contributed by atoms with van der Waals surface area (Å²) in [6, 6.07) is 3.21. The summed E-state index contributed by atoms with van der Waals surface area (Å²) in [5.41, 5.74) is -2.95. The fourth-order valence-electron chi connectivity index (χ4n) is 2.07. The number of aliphatic hydroxyl groups excluding tert-OH is 1. The Balaban J connectivity index is 2.31. The predicted molar refractivity (Wildman–Crippen MR) is 69.0 cm³/mol. The zero-order valence-corrected chi connectivity index (χ0v) is 11.7. The first kappa shape index (κ1) is 16.7. The fraction of sp³-hybridized carbons (Fsp3) is 0.538. The van der Waals surface area contributed by atoms with Crippen LogP contribution in [0.25, 0.3) is 0 Å². The summed E-state index contributed by atoms with van der Waals surface area (Å²) in [7, 11) is 0. The maximum atomic E-state index is 12.7.